The van der Waals surface area contributed by atoms with Crippen LogP contribution in [0.3, 0.4) is 0 Å². The van der Waals surface area contributed by atoms with Gasteiger partial charge in [0.25, 0.3) is 0 Å². The third-order valence-corrected chi connectivity index (χ3v) is 4.04. The quantitative estimate of drug-likeness (QED) is 0.788. The minimum atomic E-state index is -4.72. The van der Waals surface area contributed by atoms with E-state index in [0.717, 1.165) is 12.1 Å². The van der Waals surface area contributed by atoms with Gasteiger partial charge in [-0.05, 0) is 18.6 Å². The summed E-state index contributed by atoms with van der Waals surface area (Å²) >= 11 is 5.65. The third-order valence-electron chi connectivity index (χ3n) is 3.75. The summed E-state index contributed by atoms with van der Waals surface area (Å²) in [6.45, 7) is 1.14. The van der Waals surface area contributed by atoms with Gasteiger partial charge in [-0.15, -0.1) is 12.4 Å². The maximum absolute atomic E-state index is 14.3. The molecule has 9 heteroatoms. The molecule has 1 heterocycles. The molecule has 1 atom stereocenters. The fraction of sp³-hybridized carbons (Fsp3) is 0.571. The van der Waals surface area contributed by atoms with Gasteiger partial charge < -0.3 is 5.32 Å². The van der Waals surface area contributed by atoms with Gasteiger partial charge in [0.15, 0.2) is 0 Å². The van der Waals surface area contributed by atoms with E-state index in [-0.39, 0.29) is 23.9 Å². The summed E-state index contributed by atoms with van der Waals surface area (Å²) in [6, 6.07) is 0.657. The highest BCUT2D eigenvalue weighted by Crippen LogP contribution is 2.40. The van der Waals surface area contributed by atoms with Gasteiger partial charge in [0.05, 0.1) is 17.3 Å². The molecule has 0 spiro atoms. The topological polar surface area (TPSA) is 15.3 Å². The van der Waals surface area contributed by atoms with Crippen molar-refractivity contribution in [3.05, 3.63) is 34.1 Å². The van der Waals surface area contributed by atoms with Gasteiger partial charge in [-0.2, -0.15) is 13.2 Å². The molecule has 2 rings (SSSR count). The van der Waals surface area contributed by atoms with Crippen LogP contribution in [0.2, 0.25) is 5.02 Å². The zero-order valence-corrected chi connectivity index (χ0v) is 13.7. The lowest BCUT2D eigenvalue weighted by atomic mass is 9.95. The van der Waals surface area contributed by atoms with Gasteiger partial charge in [-0.1, -0.05) is 11.6 Å². The van der Waals surface area contributed by atoms with Crippen molar-refractivity contribution in [3.8, 4) is 0 Å². The van der Waals surface area contributed by atoms with Crippen LogP contribution < -0.4 is 5.32 Å². The van der Waals surface area contributed by atoms with Gasteiger partial charge >= 0.3 is 6.18 Å². The lowest BCUT2D eigenvalue weighted by Gasteiger charge is -2.36. The van der Waals surface area contributed by atoms with Crippen LogP contribution >= 0.6 is 24.0 Å². The van der Waals surface area contributed by atoms with Crippen LogP contribution in [0, 0.1) is 5.82 Å². The Kier molecular flexibility index (Phi) is 7.51. The number of rotatable bonds is 4. The van der Waals surface area contributed by atoms with E-state index < -0.39 is 35.8 Å². The molecule has 1 N–H and O–H groups in total. The SMILES string of the molecule is Cl.FCC[C@@H](c1c(C(F)(F)F)ccc(Cl)c1F)N1CCNCC1. The minimum Gasteiger partial charge on any atom is -0.314 e. The van der Waals surface area contributed by atoms with Crippen LogP contribution in [0.25, 0.3) is 0 Å². The van der Waals surface area contributed by atoms with Gasteiger partial charge in [-0.3, -0.25) is 9.29 Å². The van der Waals surface area contributed by atoms with E-state index in [2.05, 4.69) is 5.32 Å². The van der Waals surface area contributed by atoms with Crippen molar-refractivity contribution < 1.29 is 22.0 Å². The second-order valence-electron chi connectivity index (χ2n) is 5.10. The molecule has 0 aromatic heterocycles. The van der Waals surface area contributed by atoms with Crippen molar-refractivity contribution in [2.75, 3.05) is 32.9 Å². The van der Waals surface area contributed by atoms with E-state index in [0.29, 0.717) is 26.2 Å². The van der Waals surface area contributed by atoms with Crippen LogP contribution in [0.4, 0.5) is 22.0 Å². The minimum absolute atomic E-state index is 0. The highest BCUT2D eigenvalue weighted by molar-refractivity contribution is 6.30. The maximum atomic E-state index is 14.3. The number of hydrogen-bond acceptors (Lipinski definition) is 2. The predicted molar refractivity (Wildman–Crippen MR) is 81.4 cm³/mol. The number of alkyl halides is 4. The number of benzene rings is 1. The van der Waals surface area contributed by atoms with Gasteiger partial charge in [0.1, 0.15) is 5.82 Å². The Balaban J connectivity index is 0.00000264. The Morgan fingerprint density at radius 3 is 2.35 bits per heavy atom. The summed E-state index contributed by atoms with van der Waals surface area (Å²) in [5, 5.41) is 2.67. The first-order valence-electron chi connectivity index (χ1n) is 6.92. The van der Waals surface area contributed by atoms with Crippen LogP contribution in [0.1, 0.15) is 23.6 Å². The molecule has 0 saturated carbocycles. The fourth-order valence-electron chi connectivity index (χ4n) is 2.75. The third kappa shape index (κ3) is 4.68. The first kappa shape index (κ1) is 20.4. The number of hydrogen-bond donors (Lipinski definition) is 1. The van der Waals surface area contributed by atoms with Crippen LogP contribution in [0.15, 0.2) is 12.1 Å². The first-order valence-corrected chi connectivity index (χ1v) is 7.30. The molecule has 2 nitrogen and oxygen atoms in total. The van der Waals surface area contributed by atoms with Crippen molar-refractivity contribution in [3.63, 3.8) is 0 Å². The summed E-state index contributed by atoms with van der Waals surface area (Å²) in [5.41, 5.74) is -1.65. The second-order valence-corrected chi connectivity index (χ2v) is 5.51. The molecule has 0 unspecified atom stereocenters. The molecule has 0 bridgehead atoms. The first-order chi connectivity index (χ1) is 10.4. The molecule has 1 aliphatic heterocycles. The van der Waals surface area contributed by atoms with E-state index in [9.17, 15) is 22.0 Å². The smallest absolute Gasteiger partial charge is 0.314 e. The fourth-order valence-corrected chi connectivity index (χ4v) is 2.91. The molecule has 1 fully saturated rings. The molecular weight excluding hydrogens is 362 g/mol. The van der Waals surface area contributed by atoms with Crippen molar-refractivity contribution in [1.29, 1.82) is 0 Å². The van der Waals surface area contributed by atoms with E-state index in [1.54, 1.807) is 4.90 Å². The normalized spacial score (nSPS) is 17.7. The van der Waals surface area contributed by atoms with Crippen molar-refractivity contribution >= 4 is 24.0 Å². The summed E-state index contributed by atoms with van der Waals surface area (Å²) in [5.74, 6) is -1.12. The summed E-state index contributed by atoms with van der Waals surface area (Å²) in [4.78, 5) is 1.67. The zero-order chi connectivity index (χ0) is 16.3. The second kappa shape index (κ2) is 8.46. The van der Waals surface area contributed by atoms with Crippen LogP contribution in [-0.4, -0.2) is 37.8 Å². The van der Waals surface area contributed by atoms with Gasteiger partial charge in [0.2, 0.25) is 0 Å². The highest BCUT2D eigenvalue weighted by atomic mass is 35.5. The summed E-state index contributed by atoms with van der Waals surface area (Å²) < 4.78 is 66.8. The molecule has 1 aromatic carbocycles. The Labute approximate surface area is 142 Å². The molecule has 0 aliphatic carbocycles. The Hall–Kier alpha value is -0.630. The van der Waals surface area contributed by atoms with E-state index in [1.807, 2.05) is 0 Å². The average molecular weight is 379 g/mol. The number of nitrogens with zero attached hydrogens (tertiary/aromatic N) is 1. The van der Waals surface area contributed by atoms with Crippen molar-refractivity contribution in [2.45, 2.75) is 18.6 Å². The molecule has 23 heavy (non-hydrogen) atoms. The molecule has 0 amide bonds. The lowest BCUT2D eigenvalue weighted by molar-refractivity contribution is -0.139. The van der Waals surface area contributed by atoms with E-state index in [4.69, 9.17) is 11.6 Å². The van der Waals surface area contributed by atoms with Gasteiger partial charge in [0, 0.05) is 37.8 Å². The molecule has 1 aromatic rings. The molecule has 132 valence electrons. The monoisotopic (exact) mass is 378 g/mol. The molecule has 1 saturated heterocycles. The average Bonchev–Trinajstić information content (AvgIpc) is 2.47. The maximum Gasteiger partial charge on any atom is 0.416 e. The lowest BCUT2D eigenvalue weighted by Crippen LogP contribution is -2.45. The van der Waals surface area contributed by atoms with Crippen LogP contribution in [0.5, 0.6) is 0 Å². The van der Waals surface area contributed by atoms with Crippen LogP contribution in [-0.2, 0) is 6.18 Å². The Morgan fingerprint density at radius 2 is 1.83 bits per heavy atom. The Bertz CT molecular complexity index is 519. The number of halogens is 7. The summed E-state index contributed by atoms with van der Waals surface area (Å²) in [7, 11) is 0. The van der Waals surface area contributed by atoms with Crippen molar-refractivity contribution in [1.82, 2.24) is 10.2 Å². The predicted octanol–water partition coefficient (Wildman–Crippen LogP) is 4.23. The van der Waals surface area contributed by atoms with Gasteiger partial charge in [-0.25, -0.2) is 4.39 Å². The number of nitrogens with one attached hydrogen (secondary N) is 1. The standard InChI is InChI=1S/C14H16ClF5N2.ClH/c15-10-2-1-9(14(18,19)20)12(13(10)17)11(3-4-16)22-7-5-21-6-8-22;/h1-2,11,21H,3-8H2;1H/t11-;/m0./s1. The highest BCUT2D eigenvalue weighted by Gasteiger charge is 2.39. The summed E-state index contributed by atoms with van der Waals surface area (Å²) in [6.07, 6.45) is -4.93. The molecule has 0 radical (unpaired) electrons. The van der Waals surface area contributed by atoms with Crippen molar-refractivity contribution in [2.24, 2.45) is 0 Å². The molecule has 1 aliphatic rings. The van der Waals surface area contributed by atoms with E-state index in [1.165, 1.54) is 0 Å². The zero-order valence-electron chi connectivity index (χ0n) is 12.1. The Morgan fingerprint density at radius 1 is 1.22 bits per heavy atom. The number of piperazine rings is 1. The molecular formula is C14H17Cl2F5N2. The largest absolute Gasteiger partial charge is 0.416 e. The van der Waals surface area contributed by atoms with E-state index >= 15 is 0 Å².